The van der Waals surface area contributed by atoms with Gasteiger partial charge >= 0.3 is 0 Å². The van der Waals surface area contributed by atoms with Gasteiger partial charge in [0.2, 0.25) is 0 Å². The number of ether oxygens (including phenoxy) is 1. The fraction of sp³-hybridized carbons (Fsp3) is 0.450. The minimum Gasteiger partial charge on any atom is -0.492 e. The number of rotatable bonds is 6. The first kappa shape index (κ1) is 17.7. The topological polar surface area (TPSA) is 63.1 Å². The van der Waals surface area contributed by atoms with Crippen molar-refractivity contribution in [2.45, 2.75) is 38.8 Å². The molecule has 0 fully saturated rings. The molecule has 0 spiro atoms. The summed E-state index contributed by atoms with van der Waals surface area (Å²) in [5.41, 5.74) is 1.85. The van der Waals surface area contributed by atoms with Gasteiger partial charge in [-0.05, 0) is 24.3 Å². The Morgan fingerprint density at radius 1 is 1.24 bits per heavy atom. The summed E-state index contributed by atoms with van der Waals surface area (Å²) in [4.78, 5) is 5.43. The number of benzene rings is 2. The van der Waals surface area contributed by atoms with Crippen LogP contribution in [0.15, 0.2) is 41.6 Å². The van der Waals surface area contributed by atoms with Crippen molar-refractivity contribution in [3.8, 4) is 5.75 Å². The third-order valence-electron chi connectivity index (χ3n) is 4.20. The number of nitrogens with zero attached hydrogens (tertiary/aromatic N) is 1. The van der Waals surface area contributed by atoms with E-state index in [9.17, 15) is 5.11 Å². The van der Waals surface area contributed by atoms with Crippen molar-refractivity contribution in [1.82, 2.24) is 5.32 Å². The molecule has 134 valence electrons. The van der Waals surface area contributed by atoms with Crippen LogP contribution < -0.4 is 10.1 Å². The van der Waals surface area contributed by atoms with Crippen LogP contribution >= 0.6 is 0 Å². The molecule has 2 N–H and O–H groups in total. The van der Waals surface area contributed by atoms with Crippen molar-refractivity contribution in [2.24, 2.45) is 5.16 Å². The van der Waals surface area contributed by atoms with E-state index in [0.29, 0.717) is 19.2 Å². The van der Waals surface area contributed by atoms with E-state index in [2.05, 4.69) is 28.7 Å². The summed E-state index contributed by atoms with van der Waals surface area (Å²) < 4.78 is 5.99. The predicted octanol–water partition coefficient (Wildman–Crippen LogP) is 3.09. The van der Waals surface area contributed by atoms with Gasteiger partial charge in [0.05, 0.1) is 12.3 Å². The van der Waals surface area contributed by atoms with Crippen LogP contribution in [0.4, 0.5) is 0 Å². The molecular formula is C20H26N2O3. The molecule has 5 nitrogen and oxygen atoms in total. The van der Waals surface area contributed by atoms with Crippen molar-refractivity contribution >= 4 is 16.5 Å². The first-order chi connectivity index (χ1) is 12.1. The molecule has 0 saturated heterocycles. The van der Waals surface area contributed by atoms with Gasteiger partial charge < -0.3 is 20.0 Å². The first-order valence-corrected chi connectivity index (χ1v) is 8.90. The van der Waals surface area contributed by atoms with Crippen molar-refractivity contribution in [3.05, 3.63) is 42.0 Å². The SMILES string of the molecule is CC(C)NCC(O)CO/N=C1\CCCOc2c1ccc1ccccc21. The number of aliphatic hydroxyl groups excluding tert-OH is 1. The van der Waals surface area contributed by atoms with E-state index < -0.39 is 6.10 Å². The zero-order chi connectivity index (χ0) is 17.6. The summed E-state index contributed by atoms with van der Waals surface area (Å²) in [6, 6.07) is 12.6. The van der Waals surface area contributed by atoms with Gasteiger partial charge in [0.15, 0.2) is 0 Å². The van der Waals surface area contributed by atoms with E-state index >= 15 is 0 Å². The normalized spacial score (nSPS) is 17.2. The Hall–Kier alpha value is -2.11. The van der Waals surface area contributed by atoms with Gasteiger partial charge in [0.1, 0.15) is 18.5 Å². The molecule has 0 bridgehead atoms. The molecule has 2 aromatic carbocycles. The highest BCUT2D eigenvalue weighted by Gasteiger charge is 2.18. The lowest BCUT2D eigenvalue weighted by Gasteiger charge is -2.14. The third-order valence-corrected chi connectivity index (χ3v) is 4.20. The summed E-state index contributed by atoms with van der Waals surface area (Å²) in [6.45, 7) is 5.42. The van der Waals surface area contributed by atoms with Gasteiger partial charge in [-0.15, -0.1) is 0 Å². The molecule has 1 aliphatic rings. The molecule has 0 aromatic heterocycles. The van der Waals surface area contributed by atoms with Crippen LogP contribution in [-0.4, -0.2) is 42.7 Å². The Morgan fingerprint density at radius 3 is 2.92 bits per heavy atom. The number of hydrogen-bond acceptors (Lipinski definition) is 5. The highest BCUT2D eigenvalue weighted by molar-refractivity contribution is 6.07. The van der Waals surface area contributed by atoms with E-state index in [4.69, 9.17) is 9.57 Å². The van der Waals surface area contributed by atoms with E-state index in [1.165, 1.54) is 0 Å². The summed E-state index contributed by atoms with van der Waals surface area (Å²) in [5.74, 6) is 0.875. The lowest BCUT2D eigenvalue weighted by atomic mass is 10.0. The summed E-state index contributed by atoms with van der Waals surface area (Å²) >= 11 is 0. The molecule has 1 heterocycles. The van der Waals surface area contributed by atoms with Crippen LogP contribution in [0, 0.1) is 0 Å². The lowest BCUT2D eigenvalue weighted by molar-refractivity contribution is 0.0393. The Balaban J connectivity index is 1.76. The second-order valence-electron chi connectivity index (χ2n) is 6.67. The summed E-state index contributed by atoms with van der Waals surface area (Å²) in [7, 11) is 0. The highest BCUT2D eigenvalue weighted by Crippen LogP contribution is 2.33. The van der Waals surface area contributed by atoms with Crippen LogP contribution in [-0.2, 0) is 4.84 Å². The number of hydrogen-bond donors (Lipinski definition) is 2. The van der Waals surface area contributed by atoms with E-state index in [0.717, 1.165) is 40.6 Å². The fourth-order valence-corrected chi connectivity index (χ4v) is 2.90. The van der Waals surface area contributed by atoms with Gasteiger partial charge in [-0.3, -0.25) is 0 Å². The highest BCUT2D eigenvalue weighted by atomic mass is 16.6. The van der Waals surface area contributed by atoms with Crippen molar-refractivity contribution in [1.29, 1.82) is 0 Å². The molecule has 0 saturated carbocycles. The molecule has 1 atom stereocenters. The molecule has 2 aromatic rings. The van der Waals surface area contributed by atoms with Gasteiger partial charge in [-0.1, -0.05) is 49.3 Å². The van der Waals surface area contributed by atoms with Gasteiger partial charge in [0.25, 0.3) is 0 Å². The molecule has 1 aliphatic heterocycles. The maximum atomic E-state index is 9.94. The van der Waals surface area contributed by atoms with Crippen LogP contribution in [0.25, 0.3) is 10.8 Å². The number of aliphatic hydroxyl groups is 1. The second kappa shape index (κ2) is 8.32. The van der Waals surface area contributed by atoms with E-state index in [-0.39, 0.29) is 6.61 Å². The molecule has 1 unspecified atom stereocenters. The Morgan fingerprint density at radius 2 is 2.08 bits per heavy atom. The average molecular weight is 342 g/mol. The van der Waals surface area contributed by atoms with Crippen LogP contribution in [0.2, 0.25) is 0 Å². The van der Waals surface area contributed by atoms with E-state index in [1.807, 2.05) is 32.0 Å². The lowest BCUT2D eigenvalue weighted by Crippen LogP contribution is -2.34. The molecule has 0 amide bonds. The molecule has 0 radical (unpaired) electrons. The van der Waals surface area contributed by atoms with Crippen molar-refractivity contribution < 1.29 is 14.7 Å². The average Bonchev–Trinajstić information content (AvgIpc) is 2.82. The number of oxime groups is 1. The Kier molecular flexibility index (Phi) is 5.89. The monoisotopic (exact) mass is 342 g/mol. The standard InChI is InChI=1S/C20H26N2O3/c1-14(2)21-12-16(23)13-25-22-19-8-5-11-24-20-17-7-4-3-6-15(17)9-10-18(19)20/h3-4,6-7,9-10,14,16,21,23H,5,8,11-13H2,1-2H3/b22-19+. The quantitative estimate of drug-likeness (QED) is 0.792. The van der Waals surface area contributed by atoms with Gasteiger partial charge in [-0.2, -0.15) is 0 Å². The molecule has 5 heteroatoms. The zero-order valence-electron chi connectivity index (χ0n) is 14.9. The summed E-state index contributed by atoms with van der Waals surface area (Å²) in [6.07, 6.45) is 1.11. The Labute approximate surface area is 148 Å². The van der Waals surface area contributed by atoms with E-state index in [1.54, 1.807) is 0 Å². The van der Waals surface area contributed by atoms with Crippen molar-refractivity contribution in [3.63, 3.8) is 0 Å². The van der Waals surface area contributed by atoms with Crippen LogP contribution in [0.1, 0.15) is 32.3 Å². The third kappa shape index (κ3) is 4.50. The maximum Gasteiger partial charge on any atom is 0.144 e. The summed E-state index contributed by atoms with van der Waals surface area (Å²) in [5, 5.41) is 19.7. The molecule has 3 rings (SSSR count). The number of nitrogens with one attached hydrogen (secondary N) is 1. The molecule has 25 heavy (non-hydrogen) atoms. The second-order valence-corrected chi connectivity index (χ2v) is 6.67. The van der Waals surface area contributed by atoms with Crippen molar-refractivity contribution in [2.75, 3.05) is 19.8 Å². The van der Waals surface area contributed by atoms with Crippen LogP contribution in [0.3, 0.4) is 0 Å². The molecular weight excluding hydrogens is 316 g/mol. The minimum absolute atomic E-state index is 0.174. The first-order valence-electron chi connectivity index (χ1n) is 8.90. The van der Waals surface area contributed by atoms with Gasteiger partial charge in [0, 0.05) is 23.5 Å². The Bertz CT molecular complexity index is 743. The largest absolute Gasteiger partial charge is 0.492 e. The molecule has 0 aliphatic carbocycles. The van der Waals surface area contributed by atoms with Crippen LogP contribution in [0.5, 0.6) is 5.75 Å². The minimum atomic E-state index is -0.579. The fourth-order valence-electron chi connectivity index (χ4n) is 2.90. The zero-order valence-corrected chi connectivity index (χ0v) is 14.9. The predicted molar refractivity (Wildman–Crippen MR) is 100 cm³/mol. The maximum absolute atomic E-state index is 9.94. The van der Waals surface area contributed by atoms with Gasteiger partial charge in [-0.25, -0.2) is 0 Å². The smallest absolute Gasteiger partial charge is 0.144 e. The number of fused-ring (bicyclic) bond motifs is 3.